The first-order valence-electron chi connectivity index (χ1n) is 7.80. The van der Waals surface area contributed by atoms with E-state index >= 15 is 0 Å². The highest BCUT2D eigenvalue weighted by atomic mass is 19.1. The molecule has 1 saturated heterocycles. The Balaban J connectivity index is 1.51. The van der Waals surface area contributed by atoms with E-state index in [-0.39, 0.29) is 11.7 Å². The number of H-pyrrole nitrogens is 1. The van der Waals surface area contributed by atoms with Gasteiger partial charge in [-0.25, -0.2) is 14.4 Å². The molecular formula is C17H16FN5O. The zero-order valence-corrected chi connectivity index (χ0v) is 12.9. The highest BCUT2D eigenvalue weighted by molar-refractivity contribution is 6.06. The zero-order chi connectivity index (χ0) is 16.5. The fraction of sp³-hybridized carbons (Fsp3) is 0.235. The zero-order valence-electron chi connectivity index (χ0n) is 12.9. The number of carbonyl (C=O) groups is 1. The van der Waals surface area contributed by atoms with Crippen LogP contribution in [0.15, 0.2) is 42.9 Å². The van der Waals surface area contributed by atoms with Gasteiger partial charge in [0, 0.05) is 55.7 Å². The second-order valence-electron chi connectivity index (χ2n) is 5.72. The molecule has 1 aliphatic rings. The number of hydrogen-bond acceptors (Lipinski definition) is 4. The van der Waals surface area contributed by atoms with Crippen molar-refractivity contribution in [3.05, 3.63) is 54.2 Å². The van der Waals surface area contributed by atoms with E-state index in [0.717, 1.165) is 5.52 Å². The number of amides is 1. The van der Waals surface area contributed by atoms with Crippen molar-refractivity contribution >= 4 is 22.8 Å². The number of carbonyl (C=O) groups excluding carboxylic acids is 1. The monoisotopic (exact) mass is 325 g/mol. The van der Waals surface area contributed by atoms with Crippen LogP contribution >= 0.6 is 0 Å². The Kier molecular flexibility index (Phi) is 3.60. The Morgan fingerprint density at radius 1 is 1.12 bits per heavy atom. The Hall–Kier alpha value is -2.96. The van der Waals surface area contributed by atoms with E-state index in [1.807, 2.05) is 0 Å². The van der Waals surface area contributed by atoms with Gasteiger partial charge in [-0.05, 0) is 24.3 Å². The van der Waals surface area contributed by atoms with E-state index in [2.05, 4.69) is 19.9 Å². The summed E-state index contributed by atoms with van der Waals surface area (Å²) in [6.07, 6.45) is 5.07. The maximum Gasteiger partial charge on any atom is 0.256 e. The second-order valence-corrected chi connectivity index (χ2v) is 5.72. The molecule has 0 unspecified atom stereocenters. The van der Waals surface area contributed by atoms with Crippen molar-refractivity contribution in [1.82, 2.24) is 19.9 Å². The Bertz CT molecular complexity index is 871. The SMILES string of the molecule is O=C(c1c[nH]c2ccc(F)cc12)N1CCN(c2ncccn2)CC1. The predicted molar refractivity (Wildman–Crippen MR) is 88.4 cm³/mol. The van der Waals surface area contributed by atoms with Crippen molar-refractivity contribution in [2.75, 3.05) is 31.1 Å². The number of benzene rings is 1. The molecule has 0 spiro atoms. The van der Waals surface area contributed by atoms with E-state index in [9.17, 15) is 9.18 Å². The highest BCUT2D eigenvalue weighted by Gasteiger charge is 2.25. The van der Waals surface area contributed by atoms with Crippen LogP contribution in [0.5, 0.6) is 0 Å². The van der Waals surface area contributed by atoms with Gasteiger partial charge in [0.2, 0.25) is 5.95 Å². The predicted octanol–water partition coefficient (Wildman–Crippen LogP) is 2.06. The fourth-order valence-electron chi connectivity index (χ4n) is 3.00. The van der Waals surface area contributed by atoms with Crippen LogP contribution in [-0.2, 0) is 0 Å². The molecule has 3 heterocycles. The summed E-state index contributed by atoms with van der Waals surface area (Å²) in [5.74, 6) is 0.251. The normalized spacial score (nSPS) is 15.0. The summed E-state index contributed by atoms with van der Waals surface area (Å²) in [7, 11) is 0. The lowest BCUT2D eigenvalue weighted by Gasteiger charge is -2.34. The van der Waals surface area contributed by atoms with Gasteiger partial charge < -0.3 is 14.8 Å². The summed E-state index contributed by atoms with van der Waals surface area (Å²) in [5.41, 5.74) is 1.27. The van der Waals surface area contributed by atoms with Crippen LogP contribution < -0.4 is 4.90 Å². The summed E-state index contributed by atoms with van der Waals surface area (Å²) in [6.45, 7) is 2.51. The molecule has 0 atom stereocenters. The maximum absolute atomic E-state index is 13.5. The van der Waals surface area contributed by atoms with Crippen molar-refractivity contribution in [1.29, 1.82) is 0 Å². The van der Waals surface area contributed by atoms with E-state index < -0.39 is 0 Å². The van der Waals surface area contributed by atoms with Gasteiger partial charge in [0.05, 0.1) is 5.56 Å². The molecule has 0 bridgehead atoms. The number of piperazine rings is 1. The van der Waals surface area contributed by atoms with E-state index in [1.165, 1.54) is 12.1 Å². The molecule has 1 fully saturated rings. The molecule has 6 nitrogen and oxygen atoms in total. The molecular weight excluding hydrogens is 309 g/mol. The third-order valence-corrected chi connectivity index (χ3v) is 4.28. The molecule has 0 aliphatic carbocycles. The topological polar surface area (TPSA) is 65.1 Å². The quantitative estimate of drug-likeness (QED) is 0.783. The van der Waals surface area contributed by atoms with Gasteiger partial charge >= 0.3 is 0 Å². The average Bonchev–Trinajstić information content (AvgIpc) is 3.05. The Labute approximate surface area is 137 Å². The van der Waals surface area contributed by atoms with E-state index in [1.54, 1.807) is 35.6 Å². The van der Waals surface area contributed by atoms with Crippen molar-refractivity contribution < 1.29 is 9.18 Å². The number of aromatic amines is 1. The van der Waals surface area contributed by atoms with E-state index in [0.29, 0.717) is 43.1 Å². The first-order chi connectivity index (χ1) is 11.7. The highest BCUT2D eigenvalue weighted by Crippen LogP contribution is 2.22. The molecule has 4 rings (SSSR count). The van der Waals surface area contributed by atoms with Crippen molar-refractivity contribution in [2.24, 2.45) is 0 Å². The first kappa shape index (κ1) is 14.6. The summed E-state index contributed by atoms with van der Waals surface area (Å²) < 4.78 is 13.5. The van der Waals surface area contributed by atoms with Crippen LogP contribution in [0.25, 0.3) is 10.9 Å². The van der Waals surface area contributed by atoms with Crippen LogP contribution in [-0.4, -0.2) is 51.9 Å². The van der Waals surface area contributed by atoms with Crippen molar-refractivity contribution in [3.8, 4) is 0 Å². The molecule has 24 heavy (non-hydrogen) atoms. The number of fused-ring (bicyclic) bond motifs is 1. The van der Waals surface area contributed by atoms with Gasteiger partial charge in [0.1, 0.15) is 5.82 Å². The molecule has 1 aromatic carbocycles. The molecule has 1 aliphatic heterocycles. The summed E-state index contributed by atoms with van der Waals surface area (Å²) in [6, 6.07) is 6.20. The standard InChI is InChI=1S/C17H16FN5O/c18-12-2-3-15-13(10-12)14(11-21-15)16(24)22-6-8-23(9-7-22)17-19-4-1-5-20-17/h1-5,10-11,21H,6-9H2. The molecule has 3 aromatic rings. The van der Waals surface area contributed by atoms with Crippen LogP contribution in [0, 0.1) is 5.82 Å². The van der Waals surface area contributed by atoms with Gasteiger partial charge in [0.25, 0.3) is 5.91 Å². The summed E-state index contributed by atoms with van der Waals surface area (Å²) in [4.78, 5) is 28.1. The Morgan fingerprint density at radius 2 is 1.88 bits per heavy atom. The number of aromatic nitrogens is 3. The lowest BCUT2D eigenvalue weighted by atomic mass is 10.1. The number of rotatable bonds is 2. The average molecular weight is 325 g/mol. The molecule has 2 aromatic heterocycles. The van der Waals surface area contributed by atoms with Gasteiger partial charge in [-0.2, -0.15) is 0 Å². The van der Waals surface area contributed by atoms with Crippen molar-refractivity contribution in [2.45, 2.75) is 0 Å². The smallest absolute Gasteiger partial charge is 0.256 e. The molecule has 0 saturated carbocycles. The van der Waals surface area contributed by atoms with E-state index in [4.69, 9.17) is 0 Å². The minimum absolute atomic E-state index is 0.0829. The number of anilines is 1. The van der Waals surface area contributed by atoms with Gasteiger partial charge in [-0.15, -0.1) is 0 Å². The minimum atomic E-state index is -0.345. The number of halogens is 1. The fourth-order valence-corrected chi connectivity index (χ4v) is 3.00. The molecule has 1 amide bonds. The van der Waals surface area contributed by atoms with Crippen LogP contribution in [0.2, 0.25) is 0 Å². The minimum Gasteiger partial charge on any atom is -0.360 e. The second kappa shape index (κ2) is 5.92. The lowest BCUT2D eigenvalue weighted by molar-refractivity contribution is 0.0748. The summed E-state index contributed by atoms with van der Waals surface area (Å²) in [5, 5.41) is 0.619. The largest absolute Gasteiger partial charge is 0.360 e. The lowest BCUT2D eigenvalue weighted by Crippen LogP contribution is -2.49. The van der Waals surface area contributed by atoms with Crippen molar-refractivity contribution in [3.63, 3.8) is 0 Å². The number of nitrogens with zero attached hydrogens (tertiary/aromatic N) is 4. The van der Waals surface area contributed by atoms with Gasteiger partial charge in [-0.3, -0.25) is 4.79 Å². The molecule has 1 N–H and O–H groups in total. The molecule has 7 heteroatoms. The maximum atomic E-state index is 13.5. The molecule has 0 radical (unpaired) electrons. The van der Waals surface area contributed by atoms with Crippen LogP contribution in [0.4, 0.5) is 10.3 Å². The molecule has 122 valence electrons. The van der Waals surface area contributed by atoms with Crippen LogP contribution in [0.1, 0.15) is 10.4 Å². The number of hydrogen-bond donors (Lipinski definition) is 1. The Morgan fingerprint density at radius 3 is 2.62 bits per heavy atom. The third kappa shape index (κ3) is 2.58. The van der Waals surface area contributed by atoms with Gasteiger partial charge in [-0.1, -0.05) is 0 Å². The number of nitrogens with one attached hydrogen (secondary N) is 1. The first-order valence-corrected chi connectivity index (χ1v) is 7.80. The third-order valence-electron chi connectivity index (χ3n) is 4.28. The van der Waals surface area contributed by atoms with Gasteiger partial charge in [0.15, 0.2) is 0 Å². The van der Waals surface area contributed by atoms with Crippen LogP contribution in [0.3, 0.4) is 0 Å². The summed E-state index contributed by atoms with van der Waals surface area (Å²) >= 11 is 0.